The van der Waals surface area contributed by atoms with Crippen LogP contribution in [0.5, 0.6) is 0 Å². The number of rotatable bonds is 7. The molecule has 0 saturated carbocycles. The third kappa shape index (κ3) is 3.23. The zero-order valence-electron chi connectivity index (χ0n) is 9.89. The summed E-state index contributed by atoms with van der Waals surface area (Å²) in [4.78, 5) is 8.19. The number of hydrogen-bond acceptors (Lipinski definition) is 7. The lowest BCUT2D eigenvalue weighted by atomic mass is 10.4. The van der Waals surface area contributed by atoms with Crippen molar-refractivity contribution in [3.8, 4) is 0 Å². The molecule has 0 saturated heterocycles. The summed E-state index contributed by atoms with van der Waals surface area (Å²) in [6, 6.07) is 0. The van der Waals surface area contributed by atoms with Crippen molar-refractivity contribution in [1.29, 1.82) is 0 Å². The quantitative estimate of drug-likeness (QED) is 0.540. The van der Waals surface area contributed by atoms with Crippen LogP contribution in [-0.4, -0.2) is 49.9 Å². The highest BCUT2D eigenvalue weighted by molar-refractivity contribution is 7.99. The van der Waals surface area contributed by atoms with Crippen LogP contribution in [0.4, 0.5) is 11.8 Å². The van der Waals surface area contributed by atoms with Crippen LogP contribution in [-0.2, 0) is 0 Å². The molecule has 5 N–H and O–H groups in total. The molecular formula is C10H16N6OS. The summed E-state index contributed by atoms with van der Waals surface area (Å²) in [5.74, 6) is 2.84. The van der Waals surface area contributed by atoms with Crippen molar-refractivity contribution in [2.45, 2.75) is 6.42 Å². The number of thioether (sulfide) groups is 1. The number of aliphatic hydroxyl groups excluding tert-OH is 1. The van der Waals surface area contributed by atoms with Crippen LogP contribution in [0.1, 0.15) is 6.42 Å². The molecule has 18 heavy (non-hydrogen) atoms. The number of nitrogens with one attached hydrogen (secondary N) is 2. The second-order valence-electron chi connectivity index (χ2n) is 3.68. The van der Waals surface area contributed by atoms with Crippen molar-refractivity contribution in [2.24, 2.45) is 0 Å². The topological polar surface area (TPSA) is 113 Å². The molecule has 0 fully saturated rings. The van der Waals surface area contributed by atoms with Crippen LogP contribution in [0.15, 0.2) is 6.20 Å². The van der Waals surface area contributed by atoms with E-state index in [1.807, 2.05) is 0 Å². The van der Waals surface area contributed by atoms with Crippen molar-refractivity contribution < 1.29 is 5.11 Å². The lowest BCUT2D eigenvalue weighted by Gasteiger charge is -2.06. The third-order valence-corrected chi connectivity index (χ3v) is 3.38. The van der Waals surface area contributed by atoms with E-state index < -0.39 is 0 Å². The maximum absolute atomic E-state index is 8.66. The highest BCUT2D eigenvalue weighted by atomic mass is 32.2. The molecule has 0 aliphatic carbocycles. The molecule has 2 heterocycles. The van der Waals surface area contributed by atoms with Gasteiger partial charge in [0.1, 0.15) is 5.82 Å². The van der Waals surface area contributed by atoms with E-state index >= 15 is 0 Å². The number of nitrogens with zero attached hydrogens (tertiary/aromatic N) is 3. The van der Waals surface area contributed by atoms with Gasteiger partial charge in [0.25, 0.3) is 0 Å². The van der Waals surface area contributed by atoms with Crippen LogP contribution in [0, 0.1) is 0 Å². The number of fused-ring (bicyclic) bond motifs is 1. The Kier molecular flexibility index (Phi) is 4.59. The Labute approximate surface area is 109 Å². The van der Waals surface area contributed by atoms with Gasteiger partial charge in [-0.1, -0.05) is 0 Å². The molecule has 8 heteroatoms. The summed E-state index contributed by atoms with van der Waals surface area (Å²) in [6.07, 6.45) is 2.51. The third-order valence-electron chi connectivity index (χ3n) is 2.31. The summed E-state index contributed by atoms with van der Waals surface area (Å²) in [5.41, 5.74) is 6.25. The zero-order valence-corrected chi connectivity index (χ0v) is 10.7. The number of H-pyrrole nitrogens is 1. The molecule has 0 aliphatic heterocycles. The molecule has 0 unspecified atom stereocenters. The minimum absolute atomic E-state index is 0.224. The standard InChI is InChI=1S/C10H16N6OS/c11-10-14-8(7-6-13-16-9(7)15-10)12-2-5-18-4-1-3-17/h6,17H,1-5H2,(H4,11,12,13,14,15,16). The predicted molar refractivity (Wildman–Crippen MR) is 73.6 cm³/mol. The summed E-state index contributed by atoms with van der Waals surface area (Å²) in [6.45, 7) is 1.03. The molecule has 0 atom stereocenters. The maximum atomic E-state index is 8.66. The first-order valence-electron chi connectivity index (χ1n) is 5.70. The first kappa shape index (κ1) is 12.9. The summed E-state index contributed by atoms with van der Waals surface area (Å²) in [5, 5.41) is 19.4. The highest BCUT2D eigenvalue weighted by Gasteiger charge is 2.06. The van der Waals surface area contributed by atoms with Crippen LogP contribution in [0.3, 0.4) is 0 Å². The van der Waals surface area contributed by atoms with Gasteiger partial charge >= 0.3 is 0 Å². The molecular weight excluding hydrogens is 252 g/mol. The molecule has 0 amide bonds. The monoisotopic (exact) mass is 268 g/mol. The average Bonchev–Trinajstić information content (AvgIpc) is 2.81. The van der Waals surface area contributed by atoms with E-state index in [-0.39, 0.29) is 12.6 Å². The van der Waals surface area contributed by atoms with Gasteiger partial charge in [-0.15, -0.1) is 0 Å². The normalized spacial score (nSPS) is 10.9. The smallest absolute Gasteiger partial charge is 0.224 e. The highest BCUT2D eigenvalue weighted by Crippen LogP contribution is 2.18. The van der Waals surface area contributed by atoms with Crippen molar-refractivity contribution in [1.82, 2.24) is 20.2 Å². The Morgan fingerprint density at radius 2 is 2.28 bits per heavy atom. The Balaban J connectivity index is 1.89. The molecule has 0 radical (unpaired) electrons. The molecule has 0 bridgehead atoms. The van der Waals surface area contributed by atoms with Gasteiger partial charge in [-0.25, -0.2) is 0 Å². The Bertz CT molecular complexity index is 502. The van der Waals surface area contributed by atoms with Gasteiger partial charge in [-0.3, -0.25) is 5.10 Å². The average molecular weight is 268 g/mol. The van der Waals surface area contributed by atoms with Gasteiger partial charge in [-0.2, -0.15) is 26.8 Å². The number of aromatic nitrogens is 4. The molecule has 2 aromatic rings. The van der Waals surface area contributed by atoms with Crippen LogP contribution in [0.25, 0.3) is 11.0 Å². The number of hydrogen-bond donors (Lipinski definition) is 4. The van der Waals surface area contributed by atoms with Crippen LogP contribution < -0.4 is 11.1 Å². The fourth-order valence-electron chi connectivity index (χ4n) is 1.50. The molecule has 0 aromatic carbocycles. The van der Waals surface area contributed by atoms with Crippen LogP contribution >= 0.6 is 11.8 Å². The fraction of sp³-hybridized carbons (Fsp3) is 0.500. The first-order chi connectivity index (χ1) is 8.81. The van der Waals surface area contributed by atoms with Gasteiger partial charge < -0.3 is 16.2 Å². The van der Waals surface area contributed by atoms with E-state index in [4.69, 9.17) is 10.8 Å². The molecule has 7 nitrogen and oxygen atoms in total. The van der Waals surface area contributed by atoms with E-state index in [1.54, 1.807) is 18.0 Å². The first-order valence-corrected chi connectivity index (χ1v) is 6.86. The summed E-state index contributed by atoms with van der Waals surface area (Å²) >= 11 is 1.79. The van der Waals surface area contributed by atoms with Crippen molar-refractivity contribution >= 4 is 34.6 Å². The number of aliphatic hydroxyl groups is 1. The largest absolute Gasteiger partial charge is 0.396 e. The van der Waals surface area contributed by atoms with Gasteiger partial charge in [0.15, 0.2) is 5.65 Å². The van der Waals surface area contributed by atoms with E-state index in [0.717, 1.165) is 29.9 Å². The number of aromatic amines is 1. The minimum atomic E-state index is 0.224. The number of anilines is 2. The number of nitrogen functional groups attached to an aromatic ring is 1. The molecule has 0 aliphatic rings. The molecule has 0 spiro atoms. The summed E-state index contributed by atoms with van der Waals surface area (Å²) in [7, 11) is 0. The van der Waals surface area contributed by atoms with Gasteiger partial charge in [0.05, 0.1) is 11.6 Å². The van der Waals surface area contributed by atoms with Gasteiger partial charge in [0, 0.05) is 18.9 Å². The van der Waals surface area contributed by atoms with Gasteiger partial charge in [0.2, 0.25) is 5.95 Å². The molecule has 98 valence electrons. The van der Waals surface area contributed by atoms with E-state index in [0.29, 0.717) is 11.5 Å². The van der Waals surface area contributed by atoms with E-state index in [1.165, 1.54) is 0 Å². The Morgan fingerprint density at radius 3 is 3.11 bits per heavy atom. The lowest BCUT2D eigenvalue weighted by Crippen LogP contribution is -2.08. The Hall–Kier alpha value is -1.54. The van der Waals surface area contributed by atoms with Crippen molar-refractivity contribution in [2.75, 3.05) is 35.7 Å². The zero-order chi connectivity index (χ0) is 12.8. The predicted octanol–water partition coefficient (Wildman–Crippen LogP) is 0.463. The van der Waals surface area contributed by atoms with E-state index in [9.17, 15) is 0 Å². The van der Waals surface area contributed by atoms with Crippen molar-refractivity contribution in [3.05, 3.63) is 6.20 Å². The second kappa shape index (κ2) is 6.41. The maximum Gasteiger partial charge on any atom is 0.224 e. The van der Waals surface area contributed by atoms with E-state index in [2.05, 4.69) is 25.5 Å². The van der Waals surface area contributed by atoms with Crippen molar-refractivity contribution in [3.63, 3.8) is 0 Å². The SMILES string of the molecule is Nc1nc(NCCSCCCO)c2cn[nH]c2n1. The fourth-order valence-corrected chi connectivity index (χ4v) is 2.28. The Morgan fingerprint density at radius 1 is 1.39 bits per heavy atom. The van der Waals surface area contributed by atoms with Crippen LogP contribution in [0.2, 0.25) is 0 Å². The minimum Gasteiger partial charge on any atom is -0.396 e. The number of nitrogens with two attached hydrogens (primary N) is 1. The summed E-state index contributed by atoms with van der Waals surface area (Å²) < 4.78 is 0. The molecule has 2 aromatic heterocycles. The second-order valence-corrected chi connectivity index (χ2v) is 4.90. The lowest BCUT2D eigenvalue weighted by molar-refractivity contribution is 0.296. The van der Waals surface area contributed by atoms with Gasteiger partial charge in [-0.05, 0) is 12.2 Å². The molecule has 2 rings (SSSR count).